The first kappa shape index (κ1) is 16.5. The van der Waals surface area contributed by atoms with Crippen molar-refractivity contribution in [1.29, 1.82) is 0 Å². The Labute approximate surface area is 144 Å². The lowest BCUT2D eigenvalue weighted by Gasteiger charge is -2.12. The van der Waals surface area contributed by atoms with Crippen LogP contribution in [0.4, 0.5) is 0 Å². The molecule has 0 aliphatic rings. The van der Waals surface area contributed by atoms with Crippen molar-refractivity contribution in [3.05, 3.63) is 69.8 Å². The first-order chi connectivity index (χ1) is 11.5. The highest BCUT2D eigenvalue weighted by Gasteiger charge is 2.15. The van der Waals surface area contributed by atoms with Crippen LogP contribution in [0.2, 0.25) is 0 Å². The lowest BCUT2D eigenvalue weighted by Crippen LogP contribution is -2.28. The van der Waals surface area contributed by atoms with Gasteiger partial charge in [0.15, 0.2) is 0 Å². The number of furan rings is 1. The monoisotopic (exact) mass is 341 g/mol. The Morgan fingerprint density at radius 3 is 2.54 bits per heavy atom. The van der Waals surface area contributed by atoms with Crippen molar-refractivity contribution >= 4 is 17.2 Å². The zero-order valence-electron chi connectivity index (χ0n) is 13.6. The molecule has 2 heterocycles. The Bertz CT molecular complexity index is 819. The number of carbonyl (C=O) groups is 1. The SMILES string of the molecule is Cc1cc(C(=O)NCC(O)c2ccc(-c3ccsc3)cc2)c(C)o1. The summed E-state index contributed by atoms with van der Waals surface area (Å²) in [5.41, 5.74) is 3.56. The number of carbonyl (C=O) groups excluding carboxylic acids is 1. The average molecular weight is 341 g/mol. The minimum Gasteiger partial charge on any atom is -0.466 e. The molecule has 5 heteroatoms. The third kappa shape index (κ3) is 3.58. The highest BCUT2D eigenvalue weighted by Crippen LogP contribution is 2.24. The molecule has 124 valence electrons. The van der Waals surface area contributed by atoms with Gasteiger partial charge in [0.1, 0.15) is 11.5 Å². The summed E-state index contributed by atoms with van der Waals surface area (Å²) >= 11 is 1.65. The molecule has 1 atom stereocenters. The fourth-order valence-electron chi connectivity index (χ4n) is 2.59. The van der Waals surface area contributed by atoms with Crippen LogP contribution in [0.3, 0.4) is 0 Å². The molecular formula is C19H19NO3S. The van der Waals surface area contributed by atoms with Crippen molar-refractivity contribution < 1.29 is 14.3 Å². The summed E-state index contributed by atoms with van der Waals surface area (Å²) in [6, 6.07) is 11.5. The summed E-state index contributed by atoms with van der Waals surface area (Å²) in [5, 5.41) is 17.1. The molecule has 1 unspecified atom stereocenters. The predicted molar refractivity (Wildman–Crippen MR) is 95.2 cm³/mol. The Hall–Kier alpha value is -2.37. The highest BCUT2D eigenvalue weighted by atomic mass is 32.1. The van der Waals surface area contributed by atoms with E-state index in [-0.39, 0.29) is 12.5 Å². The van der Waals surface area contributed by atoms with Crippen molar-refractivity contribution in [3.8, 4) is 11.1 Å². The molecule has 0 saturated heterocycles. The molecule has 3 aromatic rings. The number of aliphatic hydroxyl groups is 1. The number of hydrogen-bond donors (Lipinski definition) is 2. The van der Waals surface area contributed by atoms with E-state index < -0.39 is 6.10 Å². The van der Waals surface area contributed by atoms with E-state index in [9.17, 15) is 9.90 Å². The van der Waals surface area contributed by atoms with E-state index in [1.165, 1.54) is 5.56 Å². The van der Waals surface area contributed by atoms with Gasteiger partial charge < -0.3 is 14.8 Å². The van der Waals surface area contributed by atoms with Crippen molar-refractivity contribution in [3.63, 3.8) is 0 Å². The van der Waals surface area contributed by atoms with Gasteiger partial charge in [0.2, 0.25) is 0 Å². The van der Waals surface area contributed by atoms with Crippen LogP contribution in [0.1, 0.15) is 33.5 Å². The van der Waals surface area contributed by atoms with E-state index in [1.807, 2.05) is 29.6 Å². The van der Waals surface area contributed by atoms with Gasteiger partial charge in [-0.2, -0.15) is 11.3 Å². The zero-order valence-corrected chi connectivity index (χ0v) is 14.4. The second kappa shape index (κ2) is 7.03. The molecule has 24 heavy (non-hydrogen) atoms. The van der Waals surface area contributed by atoms with Crippen LogP contribution >= 0.6 is 11.3 Å². The summed E-state index contributed by atoms with van der Waals surface area (Å²) in [4.78, 5) is 12.1. The first-order valence-electron chi connectivity index (χ1n) is 7.70. The molecular weight excluding hydrogens is 322 g/mol. The van der Waals surface area contributed by atoms with Crippen molar-refractivity contribution in [1.82, 2.24) is 5.32 Å². The predicted octanol–water partition coefficient (Wildman–Crippen LogP) is 4.09. The Balaban J connectivity index is 1.61. The Morgan fingerprint density at radius 2 is 1.96 bits per heavy atom. The van der Waals surface area contributed by atoms with Crippen molar-refractivity contribution in [2.45, 2.75) is 20.0 Å². The lowest BCUT2D eigenvalue weighted by molar-refractivity contribution is 0.0915. The minimum atomic E-state index is -0.751. The minimum absolute atomic E-state index is 0.153. The number of hydrogen-bond acceptors (Lipinski definition) is 4. The van der Waals surface area contributed by atoms with E-state index in [4.69, 9.17) is 4.42 Å². The van der Waals surface area contributed by atoms with Gasteiger partial charge in [-0.15, -0.1) is 0 Å². The van der Waals surface area contributed by atoms with Gasteiger partial charge in [0.25, 0.3) is 5.91 Å². The molecule has 0 spiro atoms. The molecule has 3 rings (SSSR count). The molecule has 2 N–H and O–H groups in total. The standard InChI is InChI=1S/C19H19NO3S/c1-12-9-17(13(2)23-12)19(22)20-10-18(21)15-5-3-14(4-6-15)16-7-8-24-11-16/h3-9,11,18,21H,10H2,1-2H3,(H,20,22). The first-order valence-corrected chi connectivity index (χ1v) is 8.64. The summed E-state index contributed by atoms with van der Waals surface area (Å²) in [7, 11) is 0. The van der Waals surface area contributed by atoms with Gasteiger partial charge in [0.05, 0.1) is 11.7 Å². The zero-order chi connectivity index (χ0) is 17.1. The number of aryl methyl sites for hydroxylation is 2. The molecule has 0 saturated carbocycles. The maximum absolute atomic E-state index is 12.1. The van der Waals surface area contributed by atoms with E-state index in [1.54, 1.807) is 31.3 Å². The number of thiophene rings is 1. The highest BCUT2D eigenvalue weighted by molar-refractivity contribution is 7.08. The van der Waals surface area contributed by atoms with Gasteiger partial charge >= 0.3 is 0 Å². The second-order valence-electron chi connectivity index (χ2n) is 5.69. The number of rotatable bonds is 5. The number of benzene rings is 1. The molecule has 0 bridgehead atoms. The lowest BCUT2D eigenvalue weighted by atomic mass is 10.0. The van der Waals surface area contributed by atoms with Crippen LogP contribution in [-0.4, -0.2) is 17.6 Å². The van der Waals surface area contributed by atoms with Gasteiger partial charge in [-0.05, 0) is 53.4 Å². The molecule has 1 aromatic carbocycles. The van der Waals surface area contributed by atoms with Crippen molar-refractivity contribution in [2.75, 3.05) is 6.54 Å². The molecule has 0 aliphatic carbocycles. The summed E-state index contributed by atoms with van der Waals surface area (Å²) in [6.07, 6.45) is -0.751. The molecule has 0 fully saturated rings. The fraction of sp³-hybridized carbons (Fsp3) is 0.211. The fourth-order valence-corrected chi connectivity index (χ4v) is 3.25. The normalized spacial score (nSPS) is 12.1. The van der Waals surface area contributed by atoms with Crippen LogP contribution < -0.4 is 5.32 Å². The molecule has 0 radical (unpaired) electrons. The quantitative estimate of drug-likeness (QED) is 0.735. The second-order valence-corrected chi connectivity index (χ2v) is 6.47. The van der Waals surface area contributed by atoms with Gasteiger partial charge in [-0.3, -0.25) is 4.79 Å². The van der Waals surface area contributed by atoms with E-state index >= 15 is 0 Å². The van der Waals surface area contributed by atoms with E-state index in [2.05, 4.69) is 16.8 Å². The van der Waals surface area contributed by atoms with Crippen LogP contribution in [0.25, 0.3) is 11.1 Å². The average Bonchev–Trinajstić information content (AvgIpc) is 3.22. The van der Waals surface area contributed by atoms with Gasteiger partial charge in [-0.25, -0.2) is 0 Å². The maximum Gasteiger partial charge on any atom is 0.254 e. The summed E-state index contributed by atoms with van der Waals surface area (Å²) < 4.78 is 5.35. The van der Waals surface area contributed by atoms with Crippen LogP contribution in [-0.2, 0) is 0 Å². The number of nitrogens with one attached hydrogen (secondary N) is 1. The number of aliphatic hydroxyl groups excluding tert-OH is 1. The third-order valence-electron chi connectivity index (χ3n) is 3.89. The molecule has 1 amide bonds. The summed E-state index contributed by atoms with van der Waals surface area (Å²) in [5.74, 6) is 1.04. The third-order valence-corrected chi connectivity index (χ3v) is 4.57. The topological polar surface area (TPSA) is 62.5 Å². The molecule has 2 aromatic heterocycles. The smallest absolute Gasteiger partial charge is 0.254 e. The number of amides is 1. The van der Waals surface area contributed by atoms with E-state index in [0.717, 1.165) is 11.1 Å². The molecule has 0 aliphatic heterocycles. The van der Waals surface area contributed by atoms with Crippen LogP contribution in [0.15, 0.2) is 51.6 Å². The van der Waals surface area contributed by atoms with Crippen LogP contribution in [0.5, 0.6) is 0 Å². The van der Waals surface area contributed by atoms with E-state index in [0.29, 0.717) is 17.1 Å². The summed E-state index contributed by atoms with van der Waals surface area (Å²) in [6.45, 7) is 3.70. The van der Waals surface area contributed by atoms with Crippen LogP contribution in [0, 0.1) is 13.8 Å². The van der Waals surface area contributed by atoms with Gasteiger partial charge in [-0.1, -0.05) is 24.3 Å². The Morgan fingerprint density at radius 1 is 1.21 bits per heavy atom. The van der Waals surface area contributed by atoms with Gasteiger partial charge in [0, 0.05) is 6.54 Å². The molecule has 4 nitrogen and oxygen atoms in total. The largest absolute Gasteiger partial charge is 0.466 e. The Kier molecular flexibility index (Phi) is 4.83. The maximum atomic E-state index is 12.1. The van der Waals surface area contributed by atoms with Crippen molar-refractivity contribution in [2.24, 2.45) is 0 Å².